The van der Waals surface area contributed by atoms with Crippen LogP contribution in [0, 0.1) is 11.3 Å². The smallest absolute Gasteiger partial charge is 0.126 e. The zero-order chi connectivity index (χ0) is 13.7. The van der Waals surface area contributed by atoms with Crippen LogP contribution >= 0.6 is 0 Å². The van der Waals surface area contributed by atoms with E-state index in [2.05, 4.69) is 6.07 Å². The van der Waals surface area contributed by atoms with Gasteiger partial charge in [0.15, 0.2) is 0 Å². The SMILES string of the molecule is COc1ccc(Cc2ccccc2C#N)c(OC)c1. The molecule has 0 heterocycles. The number of methoxy groups -OCH3 is 2. The maximum atomic E-state index is 9.10. The standard InChI is InChI=1S/C16H15NO2/c1-18-15-8-7-13(16(10-15)19-2)9-12-5-3-4-6-14(12)11-17/h3-8,10H,9H2,1-2H3. The Morgan fingerprint density at radius 2 is 1.79 bits per heavy atom. The predicted molar refractivity (Wildman–Crippen MR) is 73.5 cm³/mol. The minimum absolute atomic E-state index is 0.664. The molecule has 0 spiro atoms. The van der Waals surface area contributed by atoms with E-state index >= 15 is 0 Å². The molecule has 0 fully saturated rings. The van der Waals surface area contributed by atoms with E-state index in [1.807, 2.05) is 42.5 Å². The van der Waals surface area contributed by atoms with Crippen molar-refractivity contribution in [3.63, 3.8) is 0 Å². The molecule has 0 amide bonds. The lowest BCUT2D eigenvalue weighted by atomic mass is 9.99. The largest absolute Gasteiger partial charge is 0.497 e. The van der Waals surface area contributed by atoms with Crippen LogP contribution in [0.2, 0.25) is 0 Å². The average Bonchev–Trinajstić information content (AvgIpc) is 2.48. The Morgan fingerprint density at radius 1 is 1.00 bits per heavy atom. The first-order chi connectivity index (χ1) is 9.28. The molecule has 0 aliphatic rings. The molecule has 0 radical (unpaired) electrons. The summed E-state index contributed by atoms with van der Waals surface area (Å²) >= 11 is 0. The lowest BCUT2D eigenvalue weighted by molar-refractivity contribution is 0.391. The lowest BCUT2D eigenvalue weighted by Gasteiger charge is -2.11. The van der Waals surface area contributed by atoms with Crippen LogP contribution in [0.4, 0.5) is 0 Å². The number of ether oxygens (including phenoxy) is 2. The summed E-state index contributed by atoms with van der Waals surface area (Å²) in [5.74, 6) is 1.53. The van der Waals surface area contributed by atoms with Gasteiger partial charge >= 0.3 is 0 Å². The van der Waals surface area contributed by atoms with Crippen LogP contribution < -0.4 is 9.47 Å². The van der Waals surface area contributed by atoms with Gasteiger partial charge in [0.05, 0.1) is 25.9 Å². The molecule has 3 nitrogen and oxygen atoms in total. The zero-order valence-corrected chi connectivity index (χ0v) is 11.0. The third kappa shape index (κ3) is 2.86. The van der Waals surface area contributed by atoms with E-state index in [-0.39, 0.29) is 0 Å². The van der Waals surface area contributed by atoms with Gasteiger partial charge in [-0.1, -0.05) is 24.3 Å². The van der Waals surface area contributed by atoms with Crippen LogP contribution in [0.3, 0.4) is 0 Å². The highest BCUT2D eigenvalue weighted by Crippen LogP contribution is 2.27. The van der Waals surface area contributed by atoms with Gasteiger partial charge in [0.2, 0.25) is 0 Å². The molecule has 0 aromatic heterocycles. The van der Waals surface area contributed by atoms with Gasteiger partial charge < -0.3 is 9.47 Å². The highest BCUT2D eigenvalue weighted by molar-refractivity contribution is 5.46. The molecule has 2 rings (SSSR count). The number of hydrogen-bond donors (Lipinski definition) is 0. The van der Waals surface area contributed by atoms with Crippen molar-refractivity contribution in [1.82, 2.24) is 0 Å². The summed E-state index contributed by atoms with van der Waals surface area (Å²) in [6.07, 6.45) is 0.664. The van der Waals surface area contributed by atoms with Gasteiger partial charge in [-0.05, 0) is 23.3 Å². The summed E-state index contributed by atoms with van der Waals surface area (Å²) in [4.78, 5) is 0. The second-order valence-corrected chi connectivity index (χ2v) is 4.12. The van der Waals surface area contributed by atoms with Crippen molar-refractivity contribution in [2.24, 2.45) is 0 Å². The molecule has 0 saturated heterocycles. The number of nitrogens with zero attached hydrogens (tertiary/aromatic N) is 1. The lowest BCUT2D eigenvalue weighted by Crippen LogP contribution is -1.97. The van der Waals surface area contributed by atoms with E-state index in [1.54, 1.807) is 14.2 Å². The van der Waals surface area contributed by atoms with Crippen molar-refractivity contribution in [2.45, 2.75) is 6.42 Å². The second-order valence-electron chi connectivity index (χ2n) is 4.12. The maximum Gasteiger partial charge on any atom is 0.126 e. The Hall–Kier alpha value is -2.47. The summed E-state index contributed by atoms with van der Waals surface area (Å²) in [5.41, 5.74) is 2.72. The molecule has 0 unspecified atom stereocenters. The molecule has 3 heteroatoms. The average molecular weight is 253 g/mol. The molecule has 0 saturated carbocycles. The molecule has 19 heavy (non-hydrogen) atoms. The summed E-state index contributed by atoms with van der Waals surface area (Å²) < 4.78 is 10.5. The summed E-state index contributed by atoms with van der Waals surface area (Å²) in [6, 6.07) is 15.5. The van der Waals surface area contributed by atoms with Crippen molar-refractivity contribution in [1.29, 1.82) is 5.26 Å². The quantitative estimate of drug-likeness (QED) is 0.840. The van der Waals surface area contributed by atoms with E-state index in [0.29, 0.717) is 12.0 Å². The Labute approximate surface area is 113 Å². The maximum absolute atomic E-state index is 9.10. The molecule has 0 N–H and O–H groups in total. The van der Waals surface area contributed by atoms with E-state index in [9.17, 15) is 0 Å². The molecule has 0 bridgehead atoms. The first-order valence-corrected chi connectivity index (χ1v) is 5.97. The molecule has 0 aliphatic heterocycles. The molecular formula is C16H15NO2. The Kier molecular flexibility index (Phi) is 4.04. The normalized spacial score (nSPS) is 9.74. The molecule has 2 aromatic carbocycles. The van der Waals surface area contributed by atoms with Crippen molar-refractivity contribution < 1.29 is 9.47 Å². The van der Waals surface area contributed by atoms with Gasteiger partial charge in [-0.15, -0.1) is 0 Å². The van der Waals surface area contributed by atoms with Crippen LogP contribution in [0.25, 0.3) is 0 Å². The van der Waals surface area contributed by atoms with Crippen molar-refractivity contribution in [3.8, 4) is 17.6 Å². The minimum atomic E-state index is 0.664. The van der Waals surface area contributed by atoms with Crippen LogP contribution in [0.15, 0.2) is 42.5 Å². The van der Waals surface area contributed by atoms with Crippen molar-refractivity contribution >= 4 is 0 Å². The van der Waals surface area contributed by atoms with E-state index in [0.717, 1.165) is 22.6 Å². The molecule has 96 valence electrons. The van der Waals surface area contributed by atoms with E-state index in [1.165, 1.54) is 0 Å². The van der Waals surface area contributed by atoms with Gasteiger partial charge in [0.1, 0.15) is 11.5 Å². The van der Waals surface area contributed by atoms with Crippen LogP contribution in [0.5, 0.6) is 11.5 Å². The van der Waals surface area contributed by atoms with Gasteiger partial charge in [-0.3, -0.25) is 0 Å². The second kappa shape index (κ2) is 5.92. The first kappa shape index (κ1) is 13.0. The third-order valence-electron chi connectivity index (χ3n) is 3.01. The zero-order valence-electron chi connectivity index (χ0n) is 11.0. The number of nitriles is 1. The van der Waals surface area contributed by atoms with Crippen molar-refractivity contribution in [3.05, 3.63) is 59.2 Å². The Bertz CT molecular complexity index is 614. The minimum Gasteiger partial charge on any atom is -0.497 e. The summed E-state index contributed by atoms with van der Waals surface area (Å²) in [6.45, 7) is 0. The number of hydrogen-bond acceptors (Lipinski definition) is 3. The highest BCUT2D eigenvalue weighted by Gasteiger charge is 2.08. The fourth-order valence-corrected chi connectivity index (χ4v) is 1.99. The van der Waals surface area contributed by atoms with Gasteiger partial charge in [0, 0.05) is 12.5 Å². The molecular weight excluding hydrogens is 238 g/mol. The van der Waals surface area contributed by atoms with Gasteiger partial charge in [-0.25, -0.2) is 0 Å². The number of benzene rings is 2. The highest BCUT2D eigenvalue weighted by atomic mass is 16.5. The monoisotopic (exact) mass is 253 g/mol. The van der Waals surface area contributed by atoms with E-state index in [4.69, 9.17) is 14.7 Å². The van der Waals surface area contributed by atoms with Crippen LogP contribution in [-0.4, -0.2) is 14.2 Å². The molecule has 2 aromatic rings. The fourth-order valence-electron chi connectivity index (χ4n) is 1.99. The topological polar surface area (TPSA) is 42.2 Å². The predicted octanol–water partition coefficient (Wildman–Crippen LogP) is 3.17. The number of rotatable bonds is 4. The fraction of sp³-hybridized carbons (Fsp3) is 0.188. The van der Waals surface area contributed by atoms with Crippen molar-refractivity contribution in [2.75, 3.05) is 14.2 Å². The van der Waals surface area contributed by atoms with E-state index < -0.39 is 0 Å². The Balaban J connectivity index is 2.36. The molecule has 0 atom stereocenters. The molecule has 0 aliphatic carbocycles. The summed E-state index contributed by atoms with van der Waals surface area (Å²) in [5, 5.41) is 9.10. The van der Waals surface area contributed by atoms with Gasteiger partial charge in [-0.2, -0.15) is 5.26 Å². The van der Waals surface area contributed by atoms with Gasteiger partial charge in [0.25, 0.3) is 0 Å². The summed E-state index contributed by atoms with van der Waals surface area (Å²) in [7, 11) is 3.26. The van der Waals surface area contributed by atoms with Crippen LogP contribution in [0.1, 0.15) is 16.7 Å². The Morgan fingerprint density at radius 3 is 2.47 bits per heavy atom. The first-order valence-electron chi connectivity index (χ1n) is 5.97. The van der Waals surface area contributed by atoms with Crippen LogP contribution in [-0.2, 0) is 6.42 Å². The third-order valence-corrected chi connectivity index (χ3v) is 3.01.